The van der Waals surface area contributed by atoms with Gasteiger partial charge >= 0.3 is 0 Å². The minimum absolute atomic E-state index is 0.0892. The van der Waals surface area contributed by atoms with Crippen molar-refractivity contribution in [3.63, 3.8) is 0 Å². The molecule has 0 aliphatic heterocycles. The summed E-state index contributed by atoms with van der Waals surface area (Å²) in [7, 11) is 1.62. The quantitative estimate of drug-likeness (QED) is 0.798. The third kappa shape index (κ3) is 2.73. The van der Waals surface area contributed by atoms with Gasteiger partial charge in [-0.1, -0.05) is 0 Å². The molecule has 16 heavy (non-hydrogen) atoms. The van der Waals surface area contributed by atoms with Gasteiger partial charge in [-0.05, 0) is 37.1 Å². The van der Waals surface area contributed by atoms with Crippen LogP contribution in [0.15, 0.2) is 12.1 Å². The molecule has 0 fully saturated rings. The maximum atomic E-state index is 11.8. The number of methoxy groups -OCH3 is 1. The predicted octanol–water partition coefficient (Wildman–Crippen LogP) is 1.00. The molecule has 0 aromatic heterocycles. The molecular weight excluding hydrogens is 204 g/mol. The second-order valence-corrected chi connectivity index (χ2v) is 3.68. The van der Waals surface area contributed by atoms with Crippen LogP contribution in [0.1, 0.15) is 21.5 Å². The minimum atomic E-state index is -0.0892. The Hall–Kier alpha value is -1.55. The number of hydrogen-bond acceptors (Lipinski definition) is 3. The highest BCUT2D eigenvalue weighted by Crippen LogP contribution is 2.22. The Morgan fingerprint density at radius 2 is 2.06 bits per heavy atom. The lowest BCUT2D eigenvalue weighted by Crippen LogP contribution is -2.29. The summed E-state index contributed by atoms with van der Waals surface area (Å²) in [4.78, 5) is 11.8. The Bertz CT molecular complexity index is 389. The summed E-state index contributed by atoms with van der Waals surface area (Å²) in [5, 5.41) is 2.75. The molecule has 0 heterocycles. The second-order valence-electron chi connectivity index (χ2n) is 3.68. The molecule has 0 aliphatic carbocycles. The molecule has 1 amide bonds. The van der Waals surface area contributed by atoms with Crippen molar-refractivity contribution >= 4 is 5.91 Å². The van der Waals surface area contributed by atoms with E-state index in [0.717, 1.165) is 16.9 Å². The summed E-state index contributed by atoms with van der Waals surface area (Å²) in [6.07, 6.45) is 0. The Morgan fingerprint density at radius 3 is 2.62 bits per heavy atom. The maximum Gasteiger partial charge on any atom is 0.251 e. The molecular formula is C12H18N2O2. The summed E-state index contributed by atoms with van der Waals surface area (Å²) < 4.78 is 5.19. The number of nitrogens with one attached hydrogen (secondary N) is 1. The van der Waals surface area contributed by atoms with Gasteiger partial charge in [0.1, 0.15) is 5.75 Å². The Morgan fingerprint density at radius 1 is 1.38 bits per heavy atom. The van der Waals surface area contributed by atoms with E-state index in [1.165, 1.54) is 0 Å². The van der Waals surface area contributed by atoms with Gasteiger partial charge in [-0.2, -0.15) is 0 Å². The zero-order chi connectivity index (χ0) is 12.1. The third-order valence-electron chi connectivity index (χ3n) is 2.42. The zero-order valence-corrected chi connectivity index (χ0v) is 9.96. The van der Waals surface area contributed by atoms with Crippen LogP contribution in [0, 0.1) is 13.8 Å². The molecule has 1 rings (SSSR count). The van der Waals surface area contributed by atoms with E-state index in [1.54, 1.807) is 7.11 Å². The summed E-state index contributed by atoms with van der Waals surface area (Å²) in [5.41, 5.74) is 7.86. The van der Waals surface area contributed by atoms with E-state index >= 15 is 0 Å². The van der Waals surface area contributed by atoms with Crippen molar-refractivity contribution in [2.45, 2.75) is 13.8 Å². The lowest BCUT2D eigenvalue weighted by Gasteiger charge is -2.11. The molecule has 4 nitrogen and oxygen atoms in total. The normalized spacial score (nSPS) is 10.0. The van der Waals surface area contributed by atoms with E-state index in [1.807, 2.05) is 26.0 Å². The van der Waals surface area contributed by atoms with E-state index in [9.17, 15) is 4.79 Å². The van der Waals surface area contributed by atoms with Gasteiger partial charge in [-0.3, -0.25) is 4.79 Å². The molecule has 0 atom stereocenters. The van der Waals surface area contributed by atoms with Crippen molar-refractivity contribution in [2.24, 2.45) is 5.73 Å². The first-order valence-electron chi connectivity index (χ1n) is 5.23. The number of benzene rings is 1. The lowest BCUT2D eigenvalue weighted by molar-refractivity contribution is 0.0954. The highest BCUT2D eigenvalue weighted by molar-refractivity contribution is 5.96. The van der Waals surface area contributed by atoms with Crippen LogP contribution in [-0.2, 0) is 0 Å². The third-order valence-corrected chi connectivity index (χ3v) is 2.42. The molecule has 0 saturated carbocycles. The van der Waals surface area contributed by atoms with Crippen molar-refractivity contribution in [1.29, 1.82) is 0 Å². The Labute approximate surface area is 95.8 Å². The van der Waals surface area contributed by atoms with E-state index in [2.05, 4.69) is 5.32 Å². The van der Waals surface area contributed by atoms with Gasteiger partial charge in [0, 0.05) is 18.7 Å². The molecule has 0 bridgehead atoms. The number of rotatable bonds is 4. The Kier molecular flexibility index (Phi) is 4.31. The summed E-state index contributed by atoms with van der Waals surface area (Å²) in [6.45, 7) is 4.74. The van der Waals surface area contributed by atoms with E-state index in [4.69, 9.17) is 10.5 Å². The van der Waals surface area contributed by atoms with Gasteiger partial charge in [0.15, 0.2) is 0 Å². The van der Waals surface area contributed by atoms with Gasteiger partial charge in [-0.15, -0.1) is 0 Å². The molecule has 0 spiro atoms. The summed E-state index contributed by atoms with van der Waals surface area (Å²) in [6, 6.07) is 3.70. The number of hydrogen-bond donors (Lipinski definition) is 2. The van der Waals surface area contributed by atoms with Crippen LogP contribution in [0.3, 0.4) is 0 Å². The van der Waals surface area contributed by atoms with Crippen LogP contribution in [0.5, 0.6) is 5.75 Å². The first-order valence-corrected chi connectivity index (χ1v) is 5.23. The first-order chi connectivity index (χ1) is 7.60. The number of ether oxygens (including phenoxy) is 1. The van der Waals surface area contributed by atoms with Crippen molar-refractivity contribution < 1.29 is 9.53 Å². The van der Waals surface area contributed by atoms with Crippen molar-refractivity contribution in [2.75, 3.05) is 20.2 Å². The molecule has 0 aliphatic rings. The molecule has 4 heteroatoms. The Balaban J connectivity index is 2.97. The van der Waals surface area contributed by atoms with Gasteiger partial charge in [0.2, 0.25) is 0 Å². The molecule has 0 radical (unpaired) electrons. The average molecular weight is 222 g/mol. The lowest BCUT2D eigenvalue weighted by atomic mass is 10.0. The van der Waals surface area contributed by atoms with Crippen LogP contribution in [-0.4, -0.2) is 26.1 Å². The van der Waals surface area contributed by atoms with Gasteiger partial charge < -0.3 is 15.8 Å². The van der Waals surface area contributed by atoms with Crippen LogP contribution >= 0.6 is 0 Å². The maximum absolute atomic E-state index is 11.8. The highest BCUT2D eigenvalue weighted by Gasteiger charge is 2.11. The summed E-state index contributed by atoms with van der Waals surface area (Å²) in [5.74, 6) is 0.710. The van der Waals surface area contributed by atoms with Crippen molar-refractivity contribution in [3.8, 4) is 5.75 Å². The number of carbonyl (C=O) groups is 1. The number of nitrogens with two attached hydrogens (primary N) is 1. The van der Waals surface area contributed by atoms with E-state index in [0.29, 0.717) is 18.7 Å². The first kappa shape index (κ1) is 12.5. The number of aryl methyl sites for hydroxylation is 2. The standard InChI is InChI=1S/C12H18N2O2/c1-8-7-11(16-3)9(2)6-10(8)12(15)14-5-4-13/h6-7H,4-5,13H2,1-3H3,(H,14,15). The van der Waals surface area contributed by atoms with Crippen molar-refractivity contribution in [3.05, 3.63) is 28.8 Å². The highest BCUT2D eigenvalue weighted by atomic mass is 16.5. The fourth-order valence-electron chi connectivity index (χ4n) is 1.54. The molecule has 1 aromatic carbocycles. The van der Waals surface area contributed by atoms with Crippen LogP contribution < -0.4 is 15.8 Å². The average Bonchev–Trinajstić information content (AvgIpc) is 2.28. The minimum Gasteiger partial charge on any atom is -0.496 e. The predicted molar refractivity (Wildman–Crippen MR) is 63.9 cm³/mol. The SMILES string of the molecule is COc1cc(C)c(C(=O)NCCN)cc1C. The number of carbonyl (C=O) groups excluding carboxylic acids is 1. The molecule has 0 saturated heterocycles. The second kappa shape index (κ2) is 5.51. The van der Waals surface area contributed by atoms with E-state index in [-0.39, 0.29) is 5.91 Å². The van der Waals surface area contributed by atoms with Crippen LogP contribution in [0.25, 0.3) is 0 Å². The largest absolute Gasteiger partial charge is 0.496 e. The van der Waals surface area contributed by atoms with Gasteiger partial charge in [0.05, 0.1) is 7.11 Å². The summed E-state index contributed by atoms with van der Waals surface area (Å²) >= 11 is 0. The molecule has 1 aromatic rings. The van der Waals surface area contributed by atoms with E-state index < -0.39 is 0 Å². The monoisotopic (exact) mass is 222 g/mol. The van der Waals surface area contributed by atoms with Crippen molar-refractivity contribution in [1.82, 2.24) is 5.32 Å². The molecule has 3 N–H and O–H groups in total. The van der Waals surface area contributed by atoms with Gasteiger partial charge in [0.25, 0.3) is 5.91 Å². The van der Waals surface area contributed by atoms with Crippen LogP contribution in [0.4, 0.5) is 0 Å². The van der Waals surface area contributed by atoms with Gasteiger partial charge in [-0.25, -0.2) is 0 Å². The smallest absolute Gasteiger partial charge is 0.251 e. The topological polar surface area (TPSA) is 64.3 Å². The fourth-order valence-corrected chi connectivity index (χ4v) is 1.54. The molecule has 0 unspecified atom stereocenters. The fraction of sp³-hybridized carbons (Fsp3) is 0.417. The van der Waals surface area contributed by atoms with Crippen LogP contribution in [0.2, 0.25) is 0 Å². The molecule has 88 valence electrons. The zero-order valence-electron chi connectivity index (χ0n) is 9.96. The number of amides is 1.